The number of benzene rings is 1. The normalized spacial score (nSPS) is 24.2. The van der Waals surface area contributed by atoms with E-state index in [4.69, 9.17) is 10.5 Å². The maximum atomic E-state index is 12.3. The lowest BCUT2D eigenvalue weighted by Gasteiger charge is -2.29. The second-order valence-corrected chi connectivity index (χ2v) is 5.18. The molecule has 2 unspecified atom stereocenters. The molecule has 1 aliphatic rings. The SMILES string of the molecule is CC1OCCC1N(C)C(=O)[C@@H](N)Cc1ccccc1. The highest BCUT2D eigenvalue weighted by Crippen LogP contribution is 2.19. The van der Waals surface area contributed by atoms with E-state index in [1.54, 1.807) is 4.90 Å². The standard InChI is InChI=1S/C15H22N2O2/c1-11-14(8-9-19-11)17(2)15(18)13(16)10-12-6-4-3-5-7-12/h3-7,11,13-14H,8-10,16H2,1-2H3/t11?,13-,14?/m0/s1. The average molecular weight is 262 g/mol. The highest BCUT2D eigenvalue weighted by molar-refractivity contribution is 5.82. The van der Waals surface area contributed by atoms with E-state index in [0.717, 1.165) is 18.6 Å². The molecule has 1 aromatic rings. The Balaban J connectivity index is 1.95. The van der Waals surface area contributed by atoms with Crippen LogP contribution in [0.15, 0.2) is 30.3 Å². The fourth-order valence-electron chi connectivity index (χ4n) is 2.61. The maximum Gasteiger partial charge on any atom is 0.239 e. The van der Waals surface area contributed by atoms with Crippen LogP contribution >= 0.6 is 0 Å². The van der Waals surface area contributed by atoms with Crippen LogP contribution in [0.4, 0.5) is 0 Å². The predicted molar refractivity (Wildman–Crippen MR) is 74.7 cm³/mol. The summed E-state index contributed by atoms with van der Waals surface area (Å²) in [4.78, 5) is 14.1. The number of hydrogen-bond donors (Lipinski definition) is 1. The van der Waals surface area contributed by atoms with Crippen molar-refractivity contribution in [2.45, 2.75) is 38.0 Å². The number of likely N-dealkylation sites (N-methyl/N-ethyl adjacent to an activating group) is 1. The number of carbonyl (C=O) groups excluding carboxylic acids is 1. The zero-order chi connectivity index (χ0) is 13.8. The molecule has 0 radical (unpaired) electrons. The first-order chi connectivity index (χ1) is 9.09. The number of ether oxygens (including phenoxy) is 1. The molecule has 1 saturated heterocycles. The molecular weight excluding hydrogens is 240 g/mol. The first kappa shape index (κ1) is 14.0. The number of nitrogens with two attached hydrogens (primary N) is 1. The number of amides is 1. The van der Waals surface area contributed by atoms with Gasteiger partial charge in [0.1, 0.15) is 0 Å². The van der Waals surface area contributed by atoms with Crippen molar-refractivity contribution in [1.29, 1.82) is 0 Å². The van der Waals surface area contributed by atoms with Crippen LogP contribution in [0.1, 0.15) is 18.9 Å². The highest BCUT2D eigenvalue weighted by Gasteiger charge is 2.32. The molecule has 4 heteroatoms. The molecule has 19 heavy (non-hydrogen) atoms. The monoisotopic (exact) mass is 262 g/mol. The van der Waals surface area contributed by atoms with E-state index in [1.807, 2.05) is 44.3 Å². The van der Waals surface area contributed by atoms with Crippen LogP contribution < -0.4 is 5.73 Å². The first-order valence-electron chi connectivity index (χ1n) is 6.77. The third-order valence-corrected chi connectivity index (χ3v) is 3.80. The molecule has 3 atom stereocenters. The minimum absolute atomic E-state index is 0.00815. The van der Waals surface area contributed by atoms with Gasteiger partial charge in [-0.3, -0.25) is 4.79 Å². The lowest BCUT2D eigenvalue weighted by atomic mass is 10.0. The topological polar surface area (TPSA) is 55.6 Å². The Bertz CT molecular complexity index is 421. The van der Waals surface area contributed by atoms with Crippen molar-refractivity contribution in [3.8, 4) is 0 Å². The van der Waals surface area contributed by atoms with E-state index in [2.05, 4.69) is 0 Å². The lowest BCUT2D eigenvalue weighted by molar-refractivity contribution is -0.134. The Morgan fingerprint density at radius 2 is 2.16 bits per heavy atom. The fraction of sp³-hybridized carbons (Fsp3) is 0.533. The van der Waals surface area contributed by atoms with Gasteiger partial charge in [-0.1, -0.05) is 30.3 Å². The van der Waals surface area contributed by atoms with Gasteiger partial charge >= 0.3 is 0 Å². The van der Waals surface area contributed by atoms with Gasteiger partial charge < -0.3 is 15.4 Å². The van der Waals surface area contributed by atoms with Crippen LogP contribution in [0.3, 0.4) is 0 Å². The molecule has 0 saturated carbocycles. The molecule has 0 bridgehead atoms. The molecule has 1 aromatic carbocycles. The smallest absolute Gasteiger partial charge is 0.239 e. The van der Waals surface area contributed by atoms with E-state index in [0.29, 0.717) is 6.42 Å². The molecule has 2 rings (SSSR count). The summed E-state index contributed by atoms with van der Waals surface area (Å²) < 4.78 is 5.50. The average Bonchev–Trinajstić information content (AvgIpc) is 2.84. The maximum absolute atomic E-state index is 12.3. The highest BCUT2D eigenvalue weighted by atomic mass is 16.5. The Kier molecular flexibility index (Phi) is 4.56. The molecule has 0 spiro atoms. The fourth-order valence-corrected chi connectivity index (χ4v) is 2.61. The summed E-state index contributed by atoms with van der Waals surface area (Å²) in [6.45, 7) is 2.72. The van der Waals surface area contributed by atoms with Crippen molar-refractivity contribution in [3.05, 3.63) is 35.9 Å². The Labute approximate surface area is 114 Å². The number of carbonyl (C=O) groups is 1. The molecule has 0 aromatic heterocycles. The van der Waals surface area contributed by atoms with Gasteiger partial charge in [-0.15, -0.1) is 0 Å². The van der Waals surface area contributed by atoms with Gasteiger partial charge in [-0.05, 0) is 25.3 Å². The van der Waals surface area contributed by atoms with Gasteiger partial charge in [-0.25, -0.2) is 0 Å². The molecule has 1 amide bonds. The second kappa shape index (κ2) is 6.17. The lowest BCUT2D eigenvalue weighted by Crippen LogP contribution is -2.49. The van der Waals surface area contributed by atoms with Crippen molar-refractivity contribution in [1.82, 2.24) is 4.90 Å². The summed E-state index contributed by atoms with van der Waals surface area (Å²) in [5.74, 6) is -0.00815. The van der Waals surface area contributed by atoms with Crippen molar-refractivity contribution in [2.75, 3.05) is 13.7 Å². The van der Waals surface area contributed by atoms with Gasteiger partial charge in [0.25, 0.3) is 0 Å². The minimum Gasteiger partial charge on any atom is -0.376 e. The summed E-state index contributed by atoms with van der Waals surface area (Å²) in [7, 11) is 1.82. The summed E-state index contributed by atoms with van der Waals surface area (Å²) >= 11 is 0. The van der Waals surface area contributed by atoms with Crippen LogP contribution in [0.2, 0.25) is 0 Å². The molecule has 4 nitrogen and oxygen atoms in total. The van der Waals surface area contributed by atoms with Gasteiger partial charge in [0.05, 0.1) is 18.2 Å². The van der Waals surface area contributed by atoms with Crippen LogP contribution in [0.25, 0.3) is 0 Å². The largest absolute Gasteiger partial charge is 0.376 e. The van der Waals surface area contributed by atoms with Gasteiger partial charge in [0.15, 0.2) is 0 Å². The molecule has 1 heterocycles. The second-order valence-electron chi connectivity index (χ2n) is 5.18. The van der Waals surface area contributed by atoms with E-state index in [-0.39, 0.29) is 18.1 Å². The summed E-state index contributed by atoms with van der Waals surface area (Å²) in [5.41, 5.74) is 7.12. The molecule has 1 fully saturated rings. The van der Waals surface area contributed by atoms with Crippen molar-refractivity contribution < 1.29 is 9.53 Å². The Morgan fingerprint density at radius 3 is 2.74 bits per heavy atom. The number of nitrogens with zero attached hydrogens (tertiary/aromatic N) is 1. The summed E-state index contributed by atoms with van der Waals surface area (Å²) in [6, 6.07) is 9.53. The predicted octanol–water partition coefficient (Wildman–Crippen LogP) is 1.19. The van der Waals surface area contributed by atoms with Gasteiger partial charge in [-0.2, -0.15) is 0 Å². The minimum atomic E-state index is -0.486. The first-order valence-corrected chi connectivity index (χ1v) is 6.77. The van der Waals surface area contributed by atoms with Crippen molar-refractivity contribution >= 4 is 5.91 Å². The van der Waals surface area contributed by atoms with E-state index < -0.39 is 6.04 Å². The van der Waals surface area contributed by atoms with Crippen molar-refractivity contribution in [2.24, 2.45) is 5.73 Å². The van der Waals surface area contributed by atoms with Crippen LogP contribution in [-0.2, 0) is 16.0 Å². The van der Waals surface area contributed by atoms with Gasteiger partial charge in [0.2, 0.25) is 5.91 Å². The zero-order valence-corrected chi connectivity index (χ0v) is 11.6. The van der Waals surface area contributed by atoms with E-state index in [9.17, 15) is 4.79 Å². The third kappa shape index (κ3) is 3.33. The van der Waals surface area contributed by atoms with Crippen LogP contribution in [0, 0.1) is 0 Å². The van der Waals surface area contributed by atoms with Gasteiger partial charge in [0, 0.05) is 13.7 Å². The van der Waals surface area contributed by atoms with Crippen LogP contribution in [0.5, 0.6) is 0 Å². The molecular formula is C15H22N2O2. The number of rotatable bonds is 4. The molecule has 1 aliphatic heterocycles. The molecule has 0 aliphatic carbocycles. The van der Waals surface area contributed by atoms with Crippen molar-refractivity contribution in [3.63, 3.8) is 0 Å². The van der Waals surface area contributed by atoms with E-state index in [1.165, 1.54) is 0 Å². The third-order valence-electron chi connectivity index (χ3n) is 3.80. The van der Waals surface area contributed by atoms with Crippen LogP contribution in [-0.4, -0.2) is 42.6 Å². The zero-order valence-electron chi connectivity index (χ0n) is 11.6. The molecule has 2 N–H and O–H groups in total. The van der Waals surface area contributed by atoms with E-state index >= 15 is 0 Å². The Hall–Kier alpha value is -1.39. The molecule has 104 valence electrons. The quantitative estimate of drug-likeness (QED) is 0.887. The summed E-state index contributed by atoms with van der Waals surface area (Å²) in [6.07, 6.45) is 1.56. The summed E-state index contributed by atoms with van der Waals surface area (Å²) in [5, 5.41) is 0. The number of hydrogen-bond acceptors (Lipinski definition) is 3. The Morgan fingerprint density at radius 1 is 1.47 bits per heavy atom.